The minimum absolute atomic E-state index is 0.188. The Hall–Kier alpha value is -2.44. The third-order valence-electron chi connectivity index (χ3n) is 2.75. The van der Waals surface area contributed by atoms with Gasteiger partial charge in [0.15, 0.2) is 0 Å². The predicted octanol–water partition coefficient (Wildman–Crippen LogP) is 2.10. The third-order valence-corrected chi connectivity index (χ3v) is 2.75. The largest absolute Gasteiger partial charge is 0.406 e. The maximum Gasteiger partial charge on any atom is 0.406 e. The number of anilines is 1. The zero-order chi connectivity index (χ0) is 14.0. The fourth-order valence-electron chi connectivity index (χ4n) is 1.92. The maximum atomic E-state index is 12.8. The van der Waals surface area contributed by atoms with Crippen LogP contribution in [-0.2, 0) is 13.6 Å². The van der Waals surface area contributed by atoms with Crippen molar-refractivity contribution in [2.75, 3.05) is 11.9 Å². The van der Waals surface area contributed by atoms with Crippen LogP contribution in [0.25, 0.3) is 0 Å². The van der Waals surface area contributed by atoms with Crippen LogP contribution in [0.1, 0.15) is 5.56 Å². The highest BCUT2D eigenvalue weighted by Gasteiger charge is 2.23. The first kappa shape index (κ1) is 13.0. The number of nitro groups is 1. The molecule has 0 N–H and O–H groups in total. The van der Waals surface area contributed by atoms with Crippen LogP contribution in [0, 0.1) is 15.9 Å². The molecule has 0 spiro atoms. The molecule has 1 aromatic heterocycles. The Balaban J connectivity index is 2.24. The van der Waals surface area contributed by atoms with Gasteiger partial charge in [-0.2, -0.15) is 0 Å². The van der Waals surface area contributed by atoms with Gasteiger partial charge < -0.3 is 15.0 Å². The minimum Gasteiger partial charge on any atom is -0.358 e. The van der Waals surface area contributed by atoms with Crippen molar-refractivity contribution in [2.24, 2.45) is 7.05 Å². The van der Waals surface area contributed by atoms with E-state index in [1.165, 1.54) is 18.5 Å². The average Bonchev–Trinajstić information content (AvgIpc) is 2.74. The number of benzene rings is 1. The second kappa shape index (κ2) is 5.05. The lowest BCUT2D eigenvalue weighted by Crippen LogP contribution is -2.20. The number of hydrogen-bond donors (Lipinski definition) is 0. The molecule has 0 aliphatic heterocycles. The molecule has 7 heteroatoms. The van der Waals surface area contributed by atoms with E-state index < -0.39 is 4.92 Å². The van der Waals surface area contributed by atoms with Gasteiger partial charge in [0.2, 0.25) is 12.1 Å². The first-order chi connectivity index (χ1) is 8.99. The average molecular weight is 264 g/mol. The number of nitrogens with zero attached hydrogens (tertiary/aromatic N) is 4. The van der Waals surface area contributed by atoms with Crippen molar-refractivity contribution in [3.63, 3.8) is 0 Å². The lowest BCUT2D eigenvalue weighted by molar-refractivity contribution is -0.388. The minimum atomic E-state index is -0.517. The molecule has 19 heavy (non-hydrogen) atoms. The van der Waals surface area contributed by atoms with Gasteiger partial charge in [0.1, 0.15) is 5.82 Å². The van der Waals surface area contributed by atoms with E-state index in [1.54, 1.807) is 35.7 Å². The lowest BCUT2D eigenvalue weighted by Gasteiger charge is -2.18. The summed E-state index contributed by atoms with van der Waals surface area (Å²) < 4.78 is 14.4. The van der Waals surface area contributed by atoms with Crippen LogP contribution in [0.5, 0.6) is 0 Å². The smallest absolute Gasteiger partial charge is 0.358 e. The molecule has 6 nitrogen and oxygen atoms in total. The highest BCUT2D eigenvalue weighted by atomic mass is 19.1. The van der Waals surface area contributed by atoms with E-state index in [0.29, 0.717) is 12.4 Å². The standard InChI is InChI=1S/C12H13FN4O2/c1-15(7-9-3-5-10(13)6-4-9)12-11(17(18)19)14-8-16(12)2/h3-6,8H,7H2,1-2H3. The first-order valence-electron chi connectivity index (χ1n) is 5.60. The molecule has 1 aromatic carbocycles. The van der Waals surface area contributed by atoms with Crippen LogP contribution in [0.2, 0.25) is 0 Å². The molecule has 2 rings (SSSR count). The van der Waals surface area contributed by atoms with E-state index in [4.69, 9.17) is 0 Å². The molecule has 100 valence electrons. The summed E-state index contributed by atoms with van der Waals surface area (Å²) in [5, 5.41) is 10.9. The summed E-state index contributed by atoms with van der Waals surface area (Å²) in [7, 11) is 3.42. The van der Waals surface area contributed by atoms with Crippen molar-refractivity contribution in [1.29, 1.82) is 0 Å². The molecule has 0 unspecified atom stereocenters. The quantitative estimate of drug-likeness (QED) is 0.626. The van der Waals surface area contributed by atoms with E-state index in [1.807, 2.05) is 0 Å². The molecule has 1 heterocycles. The summed E-state index contributed by atoms with van der Waals surface area (Å²) in [4.78, 5) is 15.8. The van der Waals surface area contributed by atoms with Crippen molar-refractivity contribution in [3.05, 3.63) is 52.1 Å². The molecular weight excluding hydrogens is 251 g/mol. The Kier molecular flexibility index (Phi) is 3.46. The molecule has 0 fully saturated rings. The number of rotatable bonds is 4. The Bertz CT molecular complexity index is 594. The molecular formula is C12H13FN4O2. The van der Waals surface area contributed by atoms with Crippen LogP contribution < -0.4 is 4.90 Å². The molecule has 0 amide bonds. The maximum absolute atomic E-state index is 12.8. The van der Waals surface area contributed by atoms with Crippen molar-refractivity contribution < 1.29 is 9.31 Å². The first-order valence-corrected chi connectivity index (χ1v) is 5.60. The van der Waals surface area contributed by atoms with Gasteiger partial charge in [-0.1, -0.05) is 12.1 Å². The van der Waals surface area contributed by atoms with Crippen molar-refractivity contribution >= 4 is 11.6 Å². The van der Waals surface area contributed by atoms with Gasteiger partial charge in [0.25, 0.3) is 0 Å². The Morgan fingerprint density at radius 3 is 2.63 bits per heavy atom. The summed E-state index contributed by atoms with van der Waals surface area (Å²) in [6.07, 6.45) is 1.40. The van der Waals surface area contributed by atoms with Crippen LogP contribution in [-0.4, -0.2) is 21.5 Å². The Morgan fingerprint density at radius 2 is 2.05 bits per heavy atom. The zero-order valence-corrected chi connectivity index (χ0v) is 10.6. The van der Waals surface area contributed by atoms with E-state index >= 15 is 0 Å². The topological polar surface area (TPSA) is 64.2 Å². The molecule has 0 radical (unpaired) electrons. The highest BCUT2D eigenvalue weighted by Crippen LogP contribution is 2.25. The van der Waals surface area contributed by atoms with Crippen LogP contribution in [0.4, 0.5) is 16.0 Å². The Morgan fingerprint density at radius 1 is 1.42 bits per heavy atom. The van der Waals surface area contributed by atoms with Crippen LogP contribution >= 0.6 is 0 Å². The van der Waals surface area contributed by atoms with Gasteiger partial charge >= 0.3 is 5.82 Å². The summed E-state index contributed by atoms with van der Waals surface area (Å²) in [6, 6.07) is 6.02. The van der Waals surface area contributed by atoms with Crippen molar-refractivity contribution in [3.8, 4) is 0 Å². The number of aromatic nitrogens is 2. The summed E-state index contributed by atoms with van der Waals surface area (Å²) in [5.74, 6) is -0.0839. The molecule has 0 bridgehead atoms. The number of imidazole rings is 1. The molecule has 0 aliphatic rings. The van der Waals surface area contributed by atoms with Gasteiger partial charge in [-0.25, -0.2) is 4.39 Å². The van der Waals surface area contributed by atoms with Gasteiger partial charge in [-0.3, -0.25) is 4.57 Å². The van der Waals surface area contributed by atoms with E-state index in [0.717, 1.165) is 5.56 Å². The fourth-order valence-corrected chi connectivity index (χ4v) is 1.92. The predicted molar refractivity (Wildman–Crippen MR) is 68.4 cm³/mol. The second-order valence-electron chi connectivity index (χ2n) is 4.24. The number of hydrogen-bond acceptors (Lipinski definition) is 4. The molecule has 2 aromatic rings. The van der Waals surface area contributed by atoms with Crippen molar-refractivity contribution in [1.82, 2.24) is 9.55 Å². The monoisotopic (exact) mass is 264 g/mol. The lowest BCUT2D eigenvalue weighted by atomic mass is 10.2. The van der Waals surface area contributed by atoms with Gasteiger partial charge in [0, 0.05) is 20.6 Å². The third kappa shape index (κ3) is 2.70. The summed E-state index contributed by atoms with van der Waals surface area (Å²) in [5.41, 5.74) is 0.861. The van der Waals surface area contributed by atoms with Gasteiger partial charge in [-0.05, 0) is 27.6 Å². The Labute approximate surface area is 109 Å². The van der Waals surface area contributed by atoms with Crippen LogP contribution in [0.15, 0.2) is 30.6 Å². The zero-order valence-electron chi connectivity index (χ0n) is 10.6. The molecule has 0 saturated heterocycles. The van der Waals surface area contributed by atoms with E-state index in [-0.39, 0.29) is 11.6 Å². The van der Waals surface area contributed by atoms with E-state index in [2.05, 4.69) is 4.98 Å². The molecule has 0 aliphatic carbocycles. The van der Waals surface area contributed by atoms with Gasteiger partial charge in [0.05, 0.1) is 0 Å². The normalized spacial score (nSPS) is 10.5. The van der Waals surface area contributed by atoms with Crippen LogP contribution in [0.3, 0.4) is 0 Å². The molecule has 0 saturated carbocycles. The highest BCUT2D eigenvalue weighted by molar-refractivity contribution is 5.54. The second-order valence-corrected chi connectivity index (χ2v) is 4.24. The summed E-state index contributed by atoms with van der Waals surface area (Å²) >= 11 is 0. The fraction of sp³-hybridized carbons (Fsp3) is 0.250. The summed E-state index contributed by atoms with van der Waals surface area (Å²) in [6.45, 7) is 0.431. The van der Waals surface area contributed by atoms with Crippen molar-refractivity contribution in [2.45, 2.75) is 6.54 Å². The number of halogens is 1. The SMILES string of the molecule is CN(Cc1ccc(F)cc1)c1c([N+](=O)[O-])ncn1C. The van der Waals surface area contributed by atoms with Gasteiger partial charge in [-0.15, -0.1) is 0 Å². The number of aryl methyl sites for hydroxylation is 1. The molecule has 0 atom stereocenters. The van der Waals surface area contributed by atoms with E-state index in [9.17, 15) is 14.5 Å².